The number of rotatable bonds is 4. The van der Waals surface area contributed by atoms with E-state index in [0.717, 1.165) is 59.7 Å². The van der Waals surface area contributed by atoms with Crippen molar-refractivity contribution in [3.63, 3.8) is 0 Å². The minimum absolute atomic E-state index is 0.00720. The molecule has 2 N–H and O–H groups in total. The number of anilines is 1. The Bertz CT molecular complexity index is 1270. The summed E-state index contributed by atoms with van der Waals surface area (Å²) < 4.78 is 5.45. The molecule has 0 amide bonds. The summed E-state index contributed by atoms with van der Waals surface area (Å²) in [5.74, 6) is -0.00720. The molecule has 0 saturated carbocycles. The quantitative estimate of drug-likeness (QED) is 0.471. The van der Waals surface area contributed by atoms with E-state index in [-0.39, 0.29) is 5.75 Å². The van der Waals surface area contributed by atoms with Crippen molar-refractivity contribution in [2.24, 2.45) is 0 Å². The number of aliphatic hydroxyl groups is 1. The highest BCUT2D eigenvalue weighted by Gasteiger charge is 2.20. The van der Waals surface area contributed by atoms with Crippen LogP contribution in [0.5, 0.6) is 5.75 Å². The van der Waals surface area contributed by atoms with E-state index in [0.29, 0.717) is 11.3 Å². The molecule has 3 heterocycles. The first-order chi connectivity index (χ1) is 16.6. The average Bonchev–Trinajstić information content (AvgIpc) is 2.90. The smallest absolute Gasteiger partial charge is 0.125 e. The second-order valence-electron chi connectivity index (χ2n) is 7.79. The van der Waals surface area contributed by atoms with Crippen LogP contribution in [0.1, 0.15) is 36.8 Å². The van der Waals surface area contributed by atoms with Crippen LogP contribution in [0.2, 0.25) is 0 Å². The third kappa shape index (κ3) is 4.69. The molecule has 0 aliphatic carbocycles. The zero-order chi connectivity index (χ0) is 24.1. The number of morpholine rings is 1. The summed E-state index contributed by atoms with van der Waals surface area (Å²) in [5, 5.41) is 22.3. The minimum Gasteiger partial charge on any atom is -0.508 e. The van der Waals surface area contributed by atoms with Crippen LogP contribution in [0.25, 0.3) is 22.2 Å². The number of aryl methyl sites for hydroxylation is 1. The molecule has 1 aliphatic rings. The van der Waals surface area contributed by atoms with Gasteiger partial charge in [-0.3, -0.25) is 0 Å². The van der Waals surface area contributed by atoms with Crippen molar-refractivity contribution in [2.75, 3.05) is 31.2 Å². The molecule has 2 aromatic heterocycles. The van der Waals surface area contributed by atoms with Gasteiger partial charge in [-0.25, -0.2) is 19.9 Å². The van der Waals surface area contributed by atoms with E-state index < -0.39 is 6.10 Å². The first-order valence-corrected chi connectivity index (χ1v) is 11.5. The molecule has 4 aromatic rings. The van der Waals surface area contributed by atoms with E-state index in [1.54, 1.807) is 24.4 Å². The molecule has 5 rings (SSSR count). The first-order valence-electron chi connectivity index (χ1n) is 11.5. The number of phenolic OH excluding ortho intramolecular Hbond substituents is 1. The predicted molar refractivity (Wildman–Crippen MR) is 132 cm³/mol. The van der Waals surface area contributed by atoms with Crippen molar-refractivity contribution in [3.8, 4) is 17.0 Å². The zero-order valence-electron chi connectivity index (χ0n) is 19.6. The zero-order valence-corrected chi connectivity index (χ0v) is 19.6. The van der Waals surface area contributed by atoms with Gasteiger partial charge in [0.05, 0.1) is 30.1 Å². The lowest BCUT2D eigenvalue weighted by Gasteiger charge is -2.29. The van der Waals surface area contributed by atoms with E-state index >= 15 is 0 Å². The fraction of sp³-hybridized carbons (Fsp3) is 0.308. The van der Waals surface area contributed by atoms with E-state index in [9.17, 15) is 10.2 Å². The lowest BCUT2D eigenvalue weighted by Crippen LogP contribution is -2.36. The van der Waals surface area contributed by atoms with Crippen LogP contribution >= 0.6 is 0 Å². The molecule has 1 atom stereocenters. The second-order valence-corrected chi connectivity index (χ2v) is 7.79. The van der Waals surface area contributed by atoms with Crippen LogP contribution < -0.4 is 4.90 Å². The van der Waals surface area contributed by atoms with Crippen LogP contribution in [0, 0.1) is 6.92 Å². The molecule has 34 heavy (non-hydrogen) atoms. The Morgan fingerprint density at radius 3 is 2.53 bits per heavy atom. The number of nitrogens with zero attached hydrogens (tertiary/aromatic N) is 5. The van der Waals surface area contributed by atoms with E-state index in [1.807, 2.05) is 26.8 Å². The molecule has 0 radical (unpaired) electrons. The third-order valence-corrected chi connectivity index (χ3v) is 5.79. The van der Waals surface area contributed by atoms with Gasteiger partial charge in [0, 0.05) is 41.5 Å². The molecule has 176 valence electrons. The van der Waals surface area contributed by atoms with Crippen LogP contribution in [0.4, 0.5) is 5.69 Å². The van der Waals surface area contributed by atoms with Gasteiger partial charge in [-0.15, -0.1) is 0 Å². The maximum absolute atomic E-state index is 10.9. The minimum atomic E-state index is -1.08. The number of aliphatic hydroxyl groups excluding tert-OH is 1. The summed E-state index contributed by atoms with van der Waals surface area (Å²) in [6.45, 7) is 8.97. The molecule has 2 aromatic carbocycles. The van der Waals surface area contributed by atoms with E-state index in [4.69, 9.17) is 4.74 Å². The number of aromatic hydroxyl groups is 1. The van der Waals surface area contributed by atoms with Crippen molar-refractivity contribution in [1.82, 2.24) is 19.9 Å². The molecule has 1 aliphatic heterocycles. The Balaban J connectivity index is 0.00000133. The first kappa shape index (κ1) is 23.5. The van der Waals surface area contributed by atoms with Gasteiger partial charge in [0.15, 0.2) is 0 Å². The summed E-state index contributed by atoms with van der Waals surface area (Å²) in [5.41, 5.74) is 5.00. The number of hydrogen-bond donors (Lipinski definition) is 2. The van der Waals surface area contributed by atoms with Crippen LogP contribution in [0.3, 0.4) is 0 Å². The summed E-state index contributed by atoms with van der Waals surface area (Å²) in [6, 6.07) is 11.3. The van der Waals surface area contributed by atoms with Crippen LogP contribution in [-0.4, -0.2) is 56.5 Å². The highest BCUT2D eigenvalue weighted by Crippen LogP contribution is 2.35. The highest BCUT2D eigenvalue weighted by atomic mass is 16.5. The summed E-state index contributed by atoms with van der Waals surface area (Å²) in [7, 11) is 0. The van der Waals surface area contributed by atoms with Gasteiger partial charge >= 0.3 is 0 Å². The maximum atomic E-state index is 10.9. The van der Waals surface area contributed by atoms with Crippen molar-refractivity contribution in [2.45, 2.75) is 26.9 Å². The molecule has 1 saturated heterocycles. The molecule has 8 nitrogen and oxygen atoms in total. The molecular weight excluding hydrogens is 430 g/mol. The Hall–Kier alpha value is -3.62. The molecular formula is C26H29N5O3. The maximum Gasteiger partial charge on any atom is 0.125 e. The van der Waals surface area contributed by atoms with Gasteiger partial charge in [-0.1, -0.05) is 13.8 Å². The third-order valence-electron chi connectivity index (χ3n) is 5.79. The van der Waals surface area contributed by atoms with Gasteiger partial charge in [-0.2, -0.15) is 0 Å². The van der Waals surface area contributed by atoms with Gasteiger partial charge in [0.25, 0.3) is 0 Å². The Kier molecular flexibility index (Phi) is 7.30. The Labute approximate surface area is 198 Å². The van der Waals surface area contributed by atoms with E-state index in [1.165, 1.54) is 12.7 Å². The lowest BCUT2D eigenvalue weighted by atomic mass is 9.97. The van der Waals surface area contributed by atoms with Crippen LogP contribution in [-0.2, 0) is 4.74 Å². The van der Waals surface area contributed by atoms with Gasteiger partial charge in [0.1, 0.15) is 24.5 Å². The molecule has 0 spiro atoms. The van der Waals surface area contributed by atoms with Gasteiger partial charge < -0.3 is 19.8 Å². The number of benzene rings is 2. The number of hydrogen-bond acceptors (Lipinski definition) is 8. The second kappa shape index (κ2) is 10.5. The largest absolute Gasteiger partial charge is 0.508 e. The number of fused-ring (bicyclic) bond motifs is 1. The summed E-state index contributed by atoms with van der Waals surface area (Å²) >= 11 is 0. The van der Waals surface area contributed by atoms with Gasteiger partial charge in [0.2, 0.25) is 0 Å². The average molecular weight is 460 g/mol. The Morgan fingerprint density at radius 1 is 0.971 bits per heavy atom. The molecule has 0 bridgehead atoms. The van der Waals surface area contributed by atoms with Crippen molar-refractivity contribution < 1.29 is 14.9 Å². The predicted octanol–water partition coefficient (Wildman–Crippen LogP) is 4.05. The number of aromatic nitrogens is 4. The topological polar surface area (TPSA) is 104 Å². The van der Waals surface area contributed by atoms with Crippen molar-refractivity contribution >= 4 is 16.6 Å². The lowest BCUT2D eigenvalue weighted by molar-refractivity contribution is 0.122. The SMILES string of the molecule is CC.Cc1cncnc1C(O)c1cc(-c2ncnc3cc(N4CCOCC4)ccc23)ccc1O. The van der Waals surface area contributed by atoms with E-state index in [2.05, 4.69) is 37.0 Å². The Morgan fingerprint density at radius 2 is 1.76 bits per heavy atom. The number of phenols is 1. The standard InChI is InChI=1S/C24H23N5O3.C2H6/c1-15-12-25-13-27-22(15)24(31)19-10-16(2-5-21(19)30)23-18-4-3-17(11-20(18)26-14-28-23)29-6-8-32-9-7-29;1-2/h2-5,10-14,24,30-31H,6-9H2,1H3;1-2H3. The monoisotopic (exact) mass is 459 g/mol. The summed E-state index contributed by atoms with van der Waals surface area (Å²) in [4.78, 5) is 19.4. The summed E-state index contributed by atoms with van der Waals surface area (Å²) in [6.07, 6.45) is 3.48. The van der Waals surface area contributed by atoms with Crippen LogP contribution in [0.15, 0.2) is 55.2 Å². The van der Waals surface area contributed by atoms with Gasteiger partial charge in [-0.05, 0) is 48.9 Å². The fourth-order valence-electron chi connectivity index (χ4n) is 4.06. The molecule has 8 heteroatoms. The molecule has 1 unspecified atom stereocenters. The molecule has 1 fully saturated rings. The number of ether oxygens (including phenoxy) is 1. The van der Waals surface area contributed by atoms with Crippen molar-refractivity contribution in [3.05, 3.63) is 72.1 Å². The normalized spacial score (nSPS) is 14.4. The fourth-order valence-corrected chi connectivity index (χ4v) is 4.06. The highest BCUT2D eigenvalue weighted by molar-refractivity contribution is 5.94. The van der Waals surface area contributed by atoms with Crippen molar-refractivity contribution in [1.29, 1.82) is 0 Å².